The number of hydrogen-bond donors (Lipinski definition) is 2. The van der Waals surface area contributed by atoms with Crippen LogP contribution in [0.25, 0.3) is 22.3 Å². The maximum atomic E-state index is 6.19. The number of hydrogen-bond acceptors (Lipinski definition) is 7. The van der Waals surface area contributed by atoms with Gasteiger partial charge < -0.3 is 16.4 Å². The topological polar surface area (TPSA) is 102 Å². The molecule has 2 aromatic heterocycles. The van der Waals surface area contributed by atoms with Gasteiger partial charge in [0, 0.05) is 49.7 Å². The van der Waals surface area contributed by atoms with Crippen molar-refractivity contribution in [1.29, 1.82) is 0 Å². The summed E-state index contributed by atoms with van der Waals surface area (Å²) in [7, 11) is 0. The predicted molar refractivity (Wildman–Crippen MR) is 135 cm³/mol. The van der Waals surface area contributed by atoms with E-state index < -0.39 is 0 Å². The second-order valence-electron chi connectivity index (χ2n) is 8.59. The molecule has 1 aliphatic rings. The average Bonchev–Trinajstić information content (AvgIpc) is 3.21. The summed E-state index contributed by atoms with van der Waals surface area (Å²) in [5.41, 5.74) is 16.3. The molecule has 0 saturated carbocycles. The SMILES string of the molecule is C=CC(=C)N1CCN(CCCCCCn2nc(-c3ccc(N)cc3)c3c(N)ncnc32)CC1. The summed E-state index contributed by atoms with van der Waals surface area (Å²) in [6, 6.07) is 7.66. The maximum absolute atomic E-state index is 6.19. The number of unbranched alkanes of at least 4 members (excludes halogenated alkanes) is 3. The van der Waals surface area contributed by atoms with Crippen molar-refractivity contribution < 1.29 is 0 Å². The highest BCUT2D eigenvalue weighted by atomic mass is 15.3. The maximum Gasteiger partial charge on any atom is 0.163 e. The Morgan fingerprint density at radius 1 is 0.939 bits per heavy atom. The van der Waals surface area contributed by atoms with Crippen LogP contribution < -0.4 is 11.5 Å². The summed E-state index contributed by atoms with van der Waals surface area (Å²) in [4.78, 5) is 13.5. The Bertz CT molecular complexity index is 1090. The van der Waals surface area contributed by atoms with Crippen molar-refractivity contribution in [3.8, 4) is 11.3 Å². The summed E-state index contributed by atoms with van der Waals surface area (Å²) in [6.45, 7) is 14.1. The Hall–Kier alpha value is -3.39. The first-order valence-electron chi connectivity index (χ1n) is 11.7. The number of anilines is 2. The Morgan fingerprint density at radius 2 is 1.64 bits per heavy atom. The number of rotatable bonds is 10. The highest BCUT2D eigenvalue weighted by molar-refractivity contribution is 5.98. The van der Waals surface area contributed by atoms with Crippen LogP contribution in [0.1, 0.15) is 25.7 Å². The zero-order valence-corrected chi connectivity index (χ0v) is 19.3. The van der Waals surface area contributed by atoms with Crippen molar-refractivity contribution in [3.05, 3.63) is 55.5 Å². The third kappa shape index (κ3) is 5.34. The van der Waals surface area contributed by atoms with E-state index >= 15 is 0 Å². The van der Waals surface area contributed by atoms with Crippen LogP contribution in [0.3, 0.4) is 0 Å². The number of piperazine rings is 1. The third-order valence-electron chi connectivity index (χ3n) is 6.35. The Morgan fingerprint density at radius 3 is 2.33 bits per heavy atom. The molecule has 4 N–H and O–H groups in total. The van der Waals surface area contributed by atoms with Crippen molar-refractivity contribution in [2.75, 3.05) is 44.2 Å². The van der Waals surface area contributed by atoms with Gasteiger partial charge in [-0.1, -0.05) is 38.1 Å². The van der Waals surface area contributed by atoms with Gasteiger partial charge in [-0.2, -0.15) is 5.10 Å². The lowest BCUT2D eigenvalue weighted by Gasteiger charge is -2.36. The van der Waals surface area contributed by atoms with E-state index in [1.54, 1.807) is 0 Å². The van der Waals surface area contributed by atoms with E-state index in [-0.39, 0.29) is 0 Å². The monoisotopic (exact) mass is 446 g/mol. The largest absolute Gasteiger partial charge is 0.399 e. The molecule has 0 amide bonds. The first kappa shape index (κ1) is 22.8. The summed E-state index contributed by atoms with van der Waals surface area (Å²) >= 11 is 0. The molecule has 0 bridgehead atoms. The van der Waals surface area contributed by atoms with Crippen LogP contribution in [0.4, 0.5) is 11.5 Å². The molecule has 8 heteroatoms. The summed E-state index contributed by atoms with van der Waals surface area (Å²) in [5.74, 6) is 0.454. The molecule has 1 aliphatic heterocycles. The number of allylic oxidation sites excluding steroid dienone is 1. The fourth-order valence-corrected chi connectivity index (χ4v) is 4.37. The predicted octanol–water partition coefficient (Wildman–Crippen LogP) is 3.54. The Balaban J connectivity index is 1.28. The summed E-state index contributed by atoms with van der Waals surface area (Å²) < 4.78 is 1.96. The smallest absolute Gasteiger partial charge is 0.163 e. The highest BCUT2D eigenvalue weighted by Gasteiger charge is 2.18. The first-order valence-corrected chi connectivity index (χ1v) is 11.7. The molecule has 3 aromatic rings. The zero-order valence-electron chi connectivity index (χ0n) is 19.3. The molecule has 0 radical (unpaired) electrons. The lowest BCUT2D eigenvalue weighted by atomic mass is 10.1. The molecular weight excluding hydrogens is 412 g/mol. The molecule has 4 rings (SSSR count). The van der Waals surface area contributed by atoms with E-state index in [0.717, 1.165) is 85.8 Å². The number of benzene rings is 1. The normalized spacial score (nSPS) is 14.6. The minimum Gasteiger partial charge on any atom is -0.399 e. The highest BCUT2D eigenvalue weighted by Crippen LogP contribution is 2.30. The molecule has 1 saturated heterocycles. The first-order chi connectivity index (χ1) is 16.1. The third-order valence-corrected chi connectivity index (χ3v) is 6.35. The van der Waals surface area contributed by atoms with Gasteiger partial charge >= 0.3 is 0 Å². The molecule has 0 spiro atoms. The van der Waals surface area contributed by atoms with Crippen molar-refractivity contribution in [1.82, 2.24) is 29.5 Å². The molecule has 0 unspecified atom stereocenters. The van der Waals surface area contributed by atoms with E-state index in [1.165, 1.54) is 19.2 Å². The minimum atomic E-state index is 0.454. The van der Waals surface area contributed by atoms with Crippen LogP contribution in [0.2, 0.25) is 0 Å². The summed E-state index contributed by atoms with van der Waals surface area (Å²) in [6.07, 6.45) is 7.99. The second-order valence-corrected chi connectivity index (χ2v) is 8.59. The van der Waals surface area contributed by atoms with E-state index in [0.29, 0.717) is 5.82 Å². The number of aromatic nitrogens is 4. The molecule has 0 aliphatic carbocycles. The van der Waals surface area contributed by atoms with E-state index in [4.69, 9.17) is 16.6 Å². The van der Waals surface area contributed by atoms with Gasteiger partial charge in [-0.15, -0.1) is 0 Å². The van der Waals surface area contributed by atoms with E-state index in [1.807, 2.05) is 35.0 Å². The molecule has 1 fully saturated rings. The van der Waals surface area contributed by atoms with Gasteiger partial charge in [0.05, 0.1) is 5.39 Å². The standard InChI is InChI=1S/C25H34N8/c1-3-19(2)32-16-14-31(15-17-32)12-6-4-5-7-13-33-25-22(24(27)28-18-29-25)23(30-33)20-8-10-21(26)11-9-20/h3,8-11,18H,1-2,4-7,12-17,26H2,(H2,27,28,29). The molecule has 8 nitrogen and oxygen atoms in total. The van der Waals surface area contributed by atoms with Crippen LogP contribution in [0, 0.1) is 0 Å². The van der Waals surface area contributed by atoms with Crippen molar-refractivity contribution in [3.63, 3.8) is 0 Å². The minimum absolute atomic E-state index is 0.454. The van der Waals surface area contributed by atoms with Gasteiger partial charge in [0.1, 0.15) is 17.8 Å². The van der Waals surface area contributed by atoms with Crippen molar-refractivity contribution >= 4 is 22.5 Å². The molecular formula is C25H34N8. The van der Waals surface area contributed by atoms with Crippen molar-refractivity contribution in [2.24, 2.45) is 0 Å². The molecule has 174 valence electrons. The number of nitrogen functional groups attached to an aromatic ring is 2. The van der Waals surface area contributed by atoms with Crippen LogP contribution in [0.15, 0.2) is 55.5 Å². The molecule has 0 atom stereocenters. The second kappa shape index (κ2) is 10.5. The van der Waals surface area contributed by atoms with E-state index in [9.17, 15) is 0 Å². The number of fused-ring (bicyclic) bond motifs is 1. The number of nitrogens with two attached hydrogens (primary N) is 2. The lowest BCUT2D eigenvalue weighted by Crippen LogP contribution is -2.45. The summed E-state index contributed by atoms with van der Waals surface area (Å²) in [5, 5.41) is 5.64. The fourth-order valence-electron chi connectivity index (χ4n) is 4.37. The Kier molecular flexibility index (Phi) is 7.24. The van der Waals surface area contributed by atoms with Crippen LogP contribution in [0.5, 0.6) is 0 Å². The van der Waals surface area contributed by atoms with Crippen molar-refractivity contribution in [2.45, 2.75) is 32.2 Å². The van der Waals surface area contributed by atoms with Gasteiger partial charge in [-0.3, -0.25) is 4.90 Å². The molecule has 3 heterocycles. The Labute approximate surface area is 195 Å². The quantitative estimate of drug-likeness (QED) is 0.279. The van der Waals surface area contributed by atoms with Gasteiger partial charge in [0.2, 0.25) is 0 Å². The molecule has 1 aromatic carbocycles. The number of nitrogens with zero attached hydrogens (tertiary/aromatic N) is 6. The van der Waals surface area contributed by atoms with Gasteiger partial charge in [-0.05, 0) is 37.6 Å². The number of aryl methyl sites for hydroxylation is 1. The van der Waals surface area contributed by atoms with Crippen LogP contribution >= 0.6 is 0 Å². The molecule has 33 heavy (non-hydrogen) atoms. The fraction of sp³-hybridized carbons (Fsp3) is 0.400. The van der Waals surface area contributed by atoms with E-state index in [2.05, 4.69) is 32.9 Å². The zero-order chi connectivity index (χ0) is 23.2. The average molecular weight is 447 g/mol. The van der Waals surface area contributed by atoms with Crippen LogP contribution in [-0.2, 0) is 6.54 Å². The van der Waals surface area contributed by atoms with Gasteiger partial charge in [0.25, 0.3) is 0 Å². The lowest BCUT2D eigenvalue weighted by molar-refractivity contribution is 0.160. The van der Waals surface area contributed by atoms with Gasteiger partial charge in [-0.25, -0.2) is 14.6 Å². The van der Waals surface area contributed by atoms with Gasteiger partial charge in [0.15, 0.2) is 5.65 Å². The van der Waals surface area contributed by atoms with Crippen LogP contribution in [-0.4, -0.2) is 62.3 Å².